The lowest BCUT2D eigenvalue weighted by Gasteiger charge is -2.20. The molecule has 0 aliphatic rings. The predicted octanol–water partition coefficient (Wildman–Crippen LogP) is 5.52. The van der Waals surface area contributed by atoms with Crippen LogP contribution in [-0.4, -0.2) is 30.4 Å². The fourth-order valence-corrected chi connectivity index (χ4v) is 3.61. The molecule has 0 bridgehead atoms. The van der Waals surface area contributed by atoms with Crippen LogP contribution in [0.15, 0.2) is 0 Å². The predicted molar refractivity (Wildman–Crippen MR) is 87.2 cm³/mol. The molecule has 1 atom stereocenters. The third-order valence-corrected chi connectivity index (χ3v) is 7.59. The summed E-state index contributed by atoms with van der Waals surface area (Å²) < 4.78 is 0. The van der Waals surface area contributed by atoms with Gasteiger partial charge in [0.1, 0.15) is 0 Å². The van der Waals surface area contributed by atoms with Crippen molar-refractivity contribution >= 4 is 7.26 Å². The molecule has 110 valence electrons. The second-order valence-electron chi connectivity index (χ2n) is 6.32. The van der Waals surface area contributed by atoms with Crippen LogP contribution in [0.1, 0.15) is 78.1 Å². The van der Waals surface area contributed by atoms with E-state index in [9.17, 15) is 5.11 Å². The van der Waals surface area contributed by atoms with E-state index in [1.54, 1.807) is 0 Å². The monoisotopic (exact) mass is 275 g/mol. The zero-order valence-corrected chi connectivity index (χ0v) is 14.1. The van der Waals surface area contributed by atoms with Crippen molar-refractivity contribution in [1.29, 1.82) is 0 Å². The molecule has 0 saturated heterocycles. The summed E-state index contributed by atoms with van der Waals surface area (Å²) in [6, 6.07) is 0. The van der Waals surface area contributed by atoms with Crippen LogP contribution >= 0.6 is 7.26 Å². The molecule has 0 saturated carbocycles. The molecule has 0 aromatic heterocycles. The highest BCUT2D eigenvalue weighted by atomic mass is 31.2. The molecular formula is C16H36OP+. The minimum atomic E-state index is -1.03. The van der Waals surface area contributed by atoms with Crippen molar-refractivity contribution in [2.24, 2.45) is 0 Å². The van der Waals surface area contributed by atoms with Crippen molar-refractivity contribution in [2.45, 2.75) is 83.9 Å². The van der Waals surface area contributed by atoms with E-state index in [0.29, 0.717) is 0 Å². The topological polar surface area (TPSA) is 20.2 Å². The Hall–Kier alpha value is 0.390. The maximum Gasteiger partial charge on any atom is 0.160 e. The summed E-state index contributed by atoms with van der Waals surface area (Å²) in [4.78, 5) is 0. The van der Waals surface area contributed by atoms with Gasteiger partial charge in [0.05, 0.1) is 19.5 Å². The van der Waals surface area contributed by atoms with Crippen molar-refractivity contribution in [1.82, 2.24) is 0 Å². The minimum absolute atomic E-state index is 0.0731. The Morgan fingerprint density at radius 2 is 1.17 bits per heavy atom. The first-order chi connectivity index (χ1) is 8.50. The van der Waals surface area contributed by atoms with Crippen LogP contribution < -0.4 is 0 Å². The molecule has 0 heterocycles. The molecule has 0 aliphatic heterocycles. The lowest BCUT2D eigenvalue weighted by Crippen LogP contribution is -2.10. The van der Waals surface area contributed by atoms with Gasteiger partial charge in [0, 0.05) is 7.26 Å². The number of hydrogen-bond acceptors (Lipinski definition) is 1. The fraction of sp³-hybridized carbons (Fsp3) is 1.00. The average molecular weight is 275 g/mol. The van der Waals surface area contributed by atoms with E-state index in [0.717, 1.165) is 0 Å². The number of aliphatic hydroxyl groups is 1. The van der Waals surface area contributed by atoms with Crippen LogP contribution in [0.4, 0.5) is 0 Å². The SMILES string of the molecule is CCCCCCCCCCCC[P+](C)(C)C(C)O. The van der Waals surface area contributed by atoms with Crippen LogP contribution in [0.2, 0.25) is 0 Å². The van der Waals surface area contributed by atoms with Gasteiger partial charge in [0.15, 0.2) is 5.85 Å². The first-order valence-corrected chi connectivity index (χ1v) is 10.9. The Morgan fingerprint density at radius 1 is 0.778 bits per heavy atom. The molecule has 1 unspecified atom stereocenters. The van der Waals surface area contributed by atoms with E-state index in [4.69, 9.17) is 0 Å². The number of hydrogen-bond donors (Lipinski definition) is 1. The van der Waals surface area contributed by atoms with Gasteiger partial charge >= 0.3 is 0 Å². The zero-order chi connectivity index (χ0) is 13.9. The summed E-state index contributed by atoms with van der Waals surface area (Å²) in [5, 5.41) is 9.67. The summed E-state index contributed by atoms with van der Waals surface area (Å²) in [5.41, 5.74) is 0. The van der Waals surface area contributed by atoms with E-state index in [2.05, 4.69) is 20.3 Å². The first kappa shape index (κ1) is 18.4. The van der Waals surface area contributed by atoms with Crippen molar-refractivity contribution in [3.05, 3.63) is 0 Å². The quantitative estimate of drug-likeness (QED) is 0.367. The largest absolute Gasteiger partial charge is 0.360 e. The summed E-state index contributed by atoms with van der Waals surface area (Å²) in [7, 11) is -1.03. The molecule has 0 aromatic carbocycles. The van der Waals surface area contributed by atoms with Crippen LogP contribution in [0.3, 0.4) is 0 Å². The van der Waals surface area contributed by atoms with Gasteiger partial charge in [-0.2, -0.15) is 0 Å². The average Bonchev–Trinajstić information content (AvgIpc) is 2.31. The molecule has 0 aliphatic carbocycles. The van der Waals surface area contributed by atoms with Crippen molar-refractivity contribution < 1.29 is 5.11 Å². The summed E-state index contributed by atoms with van der Waals surface area (Å²) in [6.45, 7) is 8.80. The van der Waals surface area contributed by atoms with Gasteiger partial charge in [-0.15, -0.1) is 0 Å². The molecule has 0 rings (SSSR count). The Balaban J connectivity index is 3.21. The third-order valence-electron chi connectivity index (χ3n) is 4.10. The van der Waals surface area contributed by atoms with E-state index >= 15 is 0 Å². The highest BCUT2D eigenvalue weighted by Gasteiger charge is 2.30. The highest BCUT2D eigenvalue weighted by Crippen LogP contribution is 2.55. The van der Waals surface area contributed by atoms with Crippen LogP contribution in [0.25, 0.3) is 0 Å². The Bertz CT molecular complexity index is 178. The molecule has 1 nitrogen and oxygen atoms in total. The maximum atomic E-state index is 9.67. The fourth-order valence-electron chi connectivity index (χ4n) is 2.19. The molecular weight excluding hydrogens is 239 g/mol. The van der Waals surface area contributed by atoms with Gasteiger partial charge in [-0.25, -0.2) is 0 Å². The van der Waals surface area contributed by atoms with Gasteiger partial charge < -0.3 is 5.11 Å². The van der Waals surface area contributed by atoms with Crippen molar-refractivity contribution in [2.75, 3.05) is 19.5 Å². The Labute approximate surface area is 116 Å². The number of rotatable bonds is 12. The van der Waals surface area contributed by atoms with E-state index in [-0.39, 0.29) is 5.85 Å². The van der Waals surface area contributed by atoms with Gasteiger partial charge in [-0.1, -0.05) is 58.3 Å². The zero-order valence-electron chi connectivity index (χ0n) is 13.2. The van der Waals surface area contributed by atoms with Crippen LogP contribution in [0.5, 0.6) is 0 Å². The summed E-state index contributed by atoms with van der Waals surface area (Å²) in [5.74, 6) is -0.0731. The lowest BCUT2D eigenvalue weighted by atomic mass is 10.1. The minimum Gasteiger partial charge on any atom is -0.360 e. The van der Waals surface area contributed by atoms with Gasteiger partial charge in [-0.3, -0.25) is 0 Å². The lowest BCUT2D eigenvalue weighted by molar-refractivity contribution is 0.275. The Kier molecular flexibility index (Phi) is 11.5. The molecule has 2 heteroatoms. The van der Waals surface area contributed by atoms with Crippen molar-refractivity contribution in [3.8, 4) is 0 Å². The smallest absolute Gasteiger partial charge is 0.160 e. The standard InChI is InChI=1S/C16H36OP/c1-5-6-7-8-9-10-11-12-13-14-15-18(3,4)16(2)17/h16-17H,5-15H2,1-4H3/q+1. The second kappa shape index (κ2) is 11.2. The van der Waals surface area contributed by atoms with Crippen LogP contribution in [-0.2, 0) is 0 Å². The normalized spacial score (nSPS) is 13.8. The third kappa shape index (κ3) is 10.3. The van der Waals surface area contributed by atoms with Gasteiger partial charge in [0.2, 0.25) is 0 Å². The maximum absolute atomic E-state index is 9.67. The molecule has 0 aromatic rings. The molecule has 18 heavy (non-hydrogen) atoms. The molecule has 0 spiro atoms. The second-order valence-corrected chi connectivity index (χ2v) is 11.1. The number of unbranched alkanes of at least 4 members (excludes halogenated alkanes) is 9. The molecule has 0 radical (unpaired) electrons. The van der Waals surface area contributed by atoms with Gasteiger partial charge in [0.25, 0.3) is 0 Å². The molecule has 0 fully saturated rings. The van der Waals surface area contributed by atoms with E-state index < -0.39 is 7.26 Å². The van der Waals surface area contributed by atoms with E-state index in [1.165, 1.54) is 70.4 Å². The summed E-state index contributed by atoms with van der Waals surface area (Å²) >= 11 is 0. The molecule has 1 N–H and O–H groups in total. The Morgan fingerprint density at radius 3 is 1.56 bits per heavy atom. The highest BCUT2D eigenvalue weighted by molar-refractivity contribution is 7.74. The van der Waals surface area contributed by atoms with Gasteiger partial charge in [-0.05, 0) is 19.8 Å². The summed E-state index contributed by atoms with van der Waals surface area (Å²) in [6.07, 6.45) is 15.3. The number of aliphatic hydroxyl groups excluding tert-OH is 1. The molecule has 0 amide bonds. The first-order valence-electron chi connectivity index (χ1n) is 8.01. The van der Waals surface area contributed by atoms with Crippen LogP contribution in [0, 0.1) is 0 Å². The van der Waals surface area contributed by atoms with Crippen molar-refractivity contribution in [3.63, 3.8) is 0 Å². The van der Waals surface area contributed by atoms with E-state index in [1.807, 2.05) is 6.92 Å².